The Morgan fingerprint density at radius 1 is 1.44 bits per heavy atom. The molecule has 0 saturated heterocycles. The van der Waals surface area contributed by atoms with E-state index in [0.29, 0.717) is 24.2 Å². The van der Waals surface area contributed by atoms with E-state index in [2.05, 4.69) is 6.07 Å². The van der Waals surface area contributed by atoms with Crippen molar-refractivity contribution in [3.05, 3.63) is 34.4 Å². The van der Waals surface area contributed by atoms with Crippen molar-refractivity contribution >= 4 is 5.97 Å². The first kappa shape index (κ1) is 12.3. The summed E-state index contributed by atoms with van der Waals surface area (Å²) in [6, 6.07) is 5.69. The highest BCUT2D eigenvalue weighted by molar-refractivity contribution is 5.92. The Hall–Kier alpha value is -1.82. The van der Waals surface area contributed by atoms with Crippen LogP contribution in [-0.2, 0) is 11.2 Å². The predicted molar refractivity (Wildman–Crippen MR) is 61.2 cm³/mol. The second kappa shape index (κ2) is 5.32. The molecule has 0 fully saturated rings. The lowest BCUT2D eigenvalue weighted by Crippen LogP contribution is -2.09. The fourth-order valence-electron chi connectivity index (χ4n) is 1.69. The van der Waals surface area contributed by atoms with E-state index >= 15 is 0 Å². The highest BCUT2D eigenvalue weighted by atomic mass is 16.5. The monoisotopic (exact) mass is 217 g/mol. The summed E-state index contributed by atoms with van der Waals surface area (Å²) in [5.41, 5.74) is 2.75. The van der Waals surface area contributed by atoms with Crippen LogP contribution in [0.5, 0.6) is 0 Å². The number of rotatable bonds is 3. The van der Waals surface area contributed by atoms with Gasteiger partial charge in [0.05, 0.1) is 23.8 Å². The fourth-order valence-corrected chi connectivity index (χ4v) is 1.69. The third-order valence-corrected chi connectivity index (χ3v) is 2.36. The molecule has 3 nitrogen and oxygen atoms in total. The summed E-state index contributed by atoms with van der Waals surface area (Å²) in [4.78, 5) is 11.7. The van der Waals surface area contributed by atoms with Gasteiger partial charge in [0.25, 0.3) is 0 Å². The highest BCUT2D eigenvalue weighted by Gasteiger charge is 2.15. The van der Waals surface area contributed by atoms with Gasteiger partial charge in [-0.3, -0.25) is 0 Å². The molecule has 3 heteroatoms. The van der Waals surface area contributed by atoms with E-state index in [9.17, 15) is 4.79 Å². The molecule has 1 aromatic rings. The molecule has 0 aromatic heterocycles. The van der Waals surface area contributed by atoms with Crippen LogP contribution >= 0.6 is 0 Å². The Bertz CT molecular complexity index is 444. The second-order valence-electron chi connectivity index (χ2n) is 3.52. The lowest BCUT2D eigenvalue weighted by atomic mass is 9.97. The van der Waals surface area contributed by atoms with Crippen molar-refractivity contribution in [1.82, 2.24) is 0 Å². The molecule has 0 atom stereocenters. The van der Waals surface area contributed by atoms with Crippen molar-refractivity contribution in [3.8, 4) is 6.07 Å². The van der Waals surface area contributed by atoms with E-state index in [1.54, 1.807) is 19.1 Å². The molecular formula is C13H15NO2. The summed E-state index contributed by atoms with van der Waals surface area (Å²) in [6.07, 6.45) is 0.650. The second-order valence-corrected chi connectivity index (χ2v) is 3.52. The van der Waals surface area contributed by atoms with Crippen LogP contribution in [0.3, 0.4) is 0 Å². The van der Waals surface area contributed by atoms with Gasteiger partial charge in [-0.2, -0.15) is 5.26 Å². The first-order chi connectivity index (χ1) is 7.63. The first-order valence-electron chi connectivity index (χ1n) is 5.34. The van der Waals surface area contributed by atoms with Gasteiger partial charge in [0.1, 0.15) is 0 Å². The molecule has 0 aliphatic heterocycles. The van der Waals surface area contributed by atoms with Crippen molar-refractivity contribution < 1.29 is 9.53 Å². The number of hydrogen-bond acceptors (Lipinski definition) is 3. The van der Waals surface area contributed by atoms with Crippen LogP contribution in [0, 0.1) is 18.3 Å². The minimum absolute atomic E-state index is 0.345. The van der Waals surface area contributed by atoms with Gasteiger partial charge in [0.15, 0.2) is 0 Å². The van der Waals surface area contributed by atoms with Crippen LogP contribution in [0.2, 0.25) is 0 Å². The molecule has 0 saturated carbocycles. The van der Waals surface area contributed by atoms with E-state index in [-0.39, 0.29) is 5.97 Å². The van der Waals surface area contributed by atoms with Crippen molar-refractivity contribution in [1.29, 1.82) is 5.26 Å². The van der Waals surface area contributed by atoms with Gasteiger partial charge in [0.2, 0.25) is 0 Å². The minimum atomic E-state index is -0.348. The number of carbonyl (C=O) groups excluding carboxylic acids is 1. The Balaban J connectivity index is 3.32. The van der Waals surface area contributed by atoms with Crippen LogP contribution in [0.4, 0.5) is 0 Å². The summed E-state index contributed by atoms with van der Waals surface area (Å²) < 4.78 is 4.98. The topological polar surface area (TPSA) is 50.1 Å². The third-order valence-electron chi connectivity index (χ3n) is 2.36. The van der Waals surface area contributed by atoms with E-state index in [0.717, 1.165) is 11.1 Å². The Morgan fingerprint density at radius 2 is 2.12 bits per heavy atom. The lowest BCUT2D eigenvalue weighted by molar-refractivity contribution is 0.0525. The molecule has 0 radical (unpaired) electrons. The van der Waals surface area contributed by atoms with Gasteiger partial charge < -0.3 is 4.74 Å². The number of carbonyl (C=O) groups is 1. The van der Waals surface area contributed by atoms with Crippen LogP contribution in [0.15, 0.2) is 12.1 Å². The van der Waals surface area contributed by atoms with Crippen molar-refractivity contribution in [3.63, 3.8) is 0 Å². The molecule has 1 aromatic carbocycles. The minimum Gasteiger partial charge on any atom is -0.462 e. The van der Waals surface area contributed by atoms with Crippen molar-refractivity contribution in [2.75, 3.05) is 6.61 Å². The first-order valence-corrected chi connectivity index (χ1v) is 5.34. The summed E-state index contributed by atoms with van der Waals surface area (Å²) in [7, 11) is 0. The van der Waals surface area contributed by atoms with Gasteiger partial charge in [-0.25, -0.2) is 4.79 Å². The fraction of sp³-hybridized carbons (Fsp3) is 0.385. The zero-order valence-electron chi connectivity index (χ0n) is 9.83. The number of nitrogens with zero attached hydrogens (tertiary/aromatic N) is 1. The molecule has 0 aliphatic rings. The molecule has 0 aliphatic carbocycles. The third kappa shape index (κ3) is 2.40. The van der Waals surface area contributed by atoms with Crippen molar-refractivity contribution in [2.45, 2.75) is 27.2 Å². The number of ether oxygens (including phenoxy) is 1. The molecule has 0 bridgehead atoms. The number of nitriles is 1. The summed E-state index contributed by atoms with van der Waals surface area (Å²) >= 11 is 0. The van der Waals surface area contributed by atoms with E-state index in [1.165, 1.54) is 0 Å². The van der Waals surface area contributed by atoms with E-state index < -0.39 is 0 Å². The zero-order valence-corrected chi connectivity index (χ0v) is 9.83. The summed E-state index contributed by atoms with van der Waals surface area (Å²) in [5.74, 6) is -0.348. The molecule has 84 valence electrons. The standard InChI is InChI=1S/C13H15NO2/c1-4-11-10(8-14)6-9(3)7-12(11)13(15)16-5-2/h6-7H,4-5H2,1-3H3. The van der Waals surface area contributed by atoms with Crippen LogP contribution in [-0.4, -0.2) is 12.6 Å². The maximum Gasteiger partial charge on any atom is 0.338 e. The number of hydrogen-bond donors (Lipinski definition) is 0. The zero-order chi connectivity index (χ0) is 12.1. The van der Waals surface area contributed by atoms with Crippen LogP contribution < -0.4 is 0 Å². The molecular weight excluding hydrogens is 202 g/mol. The van der Waals surface area contributed by atoms with Gasteiger partial charge >= 0.3 is 5.97 Å². The average molecular weight is 217 g/mol. The van der Waals surface area contributed by atoms with Gasteiger partial charge in [-0.15, -0.1) is 0 Å². The number of aryl methyl sites for hydroxylation is 1. The normalized spacial score (nSPS) is 9.62. The smallest absolute Gasteiger partial charge is 0.338 e. The summed E-state index contributed by atoms with van der Waals surface area (Å²) in [6.45, 7) is 5.90. The quantitative estimate of drug-likeness (QED) is 0.731. The maximum absolute atomic E-state index is 11.7. The van der Waals surface area contributed by atoms with Gasteiger partial charge in [0, 0.05) is 0 Å². The molecule has 0 N–H and O–H groups in total. The molecule has 16 heavy (non-hydrogen) atoms. The Labute approximate surface area is 95.7 Å². The number of benzene rings is 1. The molecule has 0 unspecified atom stereocenters. The summed E-state index contributed by atoms with van der Waals surface area (Å²) in [5, 5.41) is 9.01. The average Bonchev–Trinajstić information content (AvgIpc) is 2.28. The maximum atomic E-state index is 11.7. The Kier molecular flexibility index (Phi) is 4.07. The van der Waals surface area contributed by atoms with Crippen molar-refractivity contribution in [2.24, 2.45) is 0 Å². The lowest BCUT2D eigenvalue weighted by Gasteiger charge is -2.10. The predicted octanol–water partition coefficient (Wildman–Crippen LogP) is 2.61. The van der Waals surface area contributed by atoms with Crippen LogP contribution in [0.1, 0.15) is 40.9 Å². The highest BCUT2D eigenvalue weighted by Crippen LogP contribution is 2.19. The molecule has 0 heterocycles. The SMILES string of the molecule is CCOC(=O)c1cc(C)cc(C#N)c1CC. The van der Waals surface area contributed by atoms with Gasteiger partial charge in [-0.1, -0.05) is 6.92 Å². The molecule has 1 rings (SSSR count). The molecule has 0 spiro atoms. The Morgan fingerprint density at radius 3 is 2.62 bits per heavy atom. The van der Waals surface area contributed by atoms with E-state index in [1.807, 2.05) is 13.8 Å². The largest absolute Gasteiger partial charge is 0.462 e. The molecule has 0 amide bonds. The van der Waals surface area contributed by atoms with Crippen LogP contribution in [0.25, 0.3) is 0 Å². The van der Waals surface area contributed by atoms with Gasteiger partial charge in [-0.05, 0) is 43.5 Å². The van der Waals surface area contributed by atoms with E-state index in [4.69, 9.17) is 10.00 Å². The number of esters is 1.